The van der Waals surface area contributed by atoms with Gasteiger partial charge in [-0.05, 0) is 38.3 Å². The predicted octanol–water partition coefficient (Wildman–Crippen LogP) is 1.82. The molecule has 0 saturated carbocycles. The minimum Gasteiger partial charge on any atom is -0.489 e. The molecular weight excluding hydrogens is 289 g/mol. The molecule has 118 valence electrons. The first-order valence-electron chi connectivity index (χ1n) is 7.33. The van der Waals surface area contributed by atoms with Crippen LogP contribution in [0.1, 0.15) is 25.3 Å². The van der Waals surface area contributed by atoms with Gasteiger partial charge in [0.05, 0.1) is 0 Å². The fourth-order valence-corrected chi connectivity index (χ4v) is 2.87. The number of esters is 1. The lowest BCUT2D eigenvalue weighted by Crippen LogP contribution is -2.61. The second kappa shape index (κ2) is 5.26. The lowest BCUT2D eigenvalue weighted by Gasteiger charge is -2.39. The van der Waals surface area contributed by atoms with Crippen molar-refractivity contribution in [1.82, 2.24) is 4.90 Å². The third-order valence-corrected chi connectivity index (χ3v) is 4.22. The van der Waals surface area contributed by atoms with E-state index in [-0.39, 0.29) is 18.3 Å². The molecule has 0 N–H and O–H groups in total. The smallest absolute Gasteiger partial charge is 0.330 e. The standard InChI is InChI=1S/C16H18FNO4/c1-10-5-6-11(8-12(10)17)21-9-16(2)15(20)18-7-3-4-13(18)14(19)22-16/h5-6,8,13H,3-4,7,9H2,1-2H3/t13?,16-/m1/s1. The molecular formula is C16H18FNO4. The molecule has 2 aliphatic rings. The Morgan fingerprint density at radius 2 is 2.23 bits per heavy atom. The summed E-state index contributed by atoms with van der Waals surface area (Å²) in [4.78, 5) is 26.1. The number of cyclic esters (lactones) is 1. The Bertz CT molecular complexity index is 633. The number of nitrogens with zero attached hydrogens (tertiary/aromatic N) is 1. The van der Waals surface area contributed by atoms with Gasteiger partial charge in [0, 0.05) is 12.6 Å². The van der Waals surface area contributed by atoms with E-state index in [0.29, 0.717) is 24.3 Å². The molecule has 1 unspecified atom stereocenters. The van der Waals surface area contributed by atoms with Crippen LogP contribution in [0.2, 0.25) is 0 Å². The van der Waals surface area contributed by atoms with E-state index >= 15 is 0 Å². The average molecular weight is 307 g/mol. The van der Waals surface area contributed by atoms with E-state index in [1.54, 1.807) is 24.0 Å². The van der Waals surface area contributed by atoms with Crippen LogP contribution in [0.4, 0.5) is 4.39 Å². The molecule has 0 aliphatic carbocycles. The van der Waals surface area contributed by atoms with Crippen LogP contribution in [0.25, 0.3) is 0 Å². The number of hydrogen-bond donors (Lipinski definition) is 0. The molecule has 0 bridgehead atoms. The monoisotopic (exact) mass is 307 g/mol. The molecule has 0 aromatic heterocycles. The van der Waals surface area contributed by atoms with E-state index < -0.39 is 17.6 Å². The Kier molecular flexibility index (Phi) is 3.54. The summed E-state index contributed by atoms with van der Waals surface area (Å²) in [5, 5.41) is 0. The van der Waals surface area contributed by atoms with Gasteiger partial charge in [-0.3, -0.25) is 4.79 Å². The van der Waals surface area contributed by atoms with Gasteiger partial charge in [-0.2, -0.15) is 0 Å². The van der Waals surface area contributed by atoms with Gasteiger partial charge < -0.3 is 14.4 Å². The molecule has 1 aromatic rings. The van der Waals surface area contributed by atoms with Crippen LogP contribution in [0.3, 0.4) is 0 Å². The van der Waals surface area contributed by atoms with Crippen LogP contribution in [0.15, 0.2) is 18.2 Å². The fraction of sp³-hybridized carbons (Fsp3) is 0.500. The zero-order valence-corrected chi connectivity index (χ0v) is 12.6. The van der Waals surface area contributed by atoms with E-state index in [1.807, 2.05) is 0 Å². The molecule has 0 radical (unpaired) electrons. The van der Waals surface area contributed by atoms with Crippen LogP contribution in [-0.2, 0) is 14.3 Å². The number of carbonyl (C=O) groups excluding carboxylic acids is 2. The first kappa shape index (κ1) is 14.8. The van der Waals surface area contributed by atoms with Gasteiger partial charge in [0.2, 0.25) is 5.60 Å². The number of fused-ring (bicyclic) bond motifs is 1. The van der Waals surface area contributed by atoms with E-state index in [9.17, 15) is 14.0 Å². The predicted molar refractivity (Wildman–Crippen MR) is 75.9 cm³/mol. The quantitative estimate of drug-likeness (QED) is 0.799. The third kappa shape index (κ3) is 2.42. The highest BCUT2D eigenvalue weighted by Gasteiger charge is 2.52. The molecule has 22 heavy (non-hydrogen) atoms. The van der Waals surface area contributed by atoms with Gasteiger partial charge >= 0.3 is 5.97 Å². The Labute approximate surface area is 128 Å². The normalized spacial score (nSPS) is 27.6. The van der Waals surface area contributed by atoms with Gasteiger partial charge in [0.25, 0.3) is 5.91 Å². The summed E-state index contributed by atoms with van der Waals surface area (Å²) in [7, 11) is 0. The molecule has 2 fully saturated rings. The zero-order chi connectivity index (χ0) is 15.9. The number of rotatable bonds is 3. The van der Waals surface area contributed by atoms with Gasteiger partial charge in [-0.1, -0.05) is 6.07 Å². The van der Waals surface area contributed by atoms with Crippen molar-refractivity contribution in [3.63, 3.8) is 0 Å². The van der Waals surface area contributed by atoms with Crippen molar-refractivity contribution >= 4 is 11.9 Å². The largest absolute Gasteiger partial charge is 0.489 e. The molecule has 3 rings (SSSR count). The first-order valence-corrected chi connectivity index (χ1v) is 7.33. The Balaban J connectivity index is 1.74. The molecule has 2 saturated heterocycles. The minimum absolute atomic E-state index is 0.136. The van der Waals surface area contributed by atoms with Crippen molar-refractivity contribution in [2.24, 2.45) is 0 Å². The topological polar surface area (TPSA) is 55.8 Å². The zero-order valence-electron chi connectivity index (χ0n) is 12.6. The number of ether oxygens (including phenoxy) is 2. The van der Waals surface area contributed by atoms with E-state index in [0.717, 1.165) is 6.42 Å². The van der Waals surface area contributed by atoms with Crippen molar-refractivity contribution in [3.05, 3.63) is 29.6 Å². The Morgan fingerprint density at radius 1 is 1.45 bits per heavy atom. The first-order chi connectivity index (χ1) is 10.4. The van der Waals surface area contributed by atoms with Crippen LogP contribution in [-0.4, -0.2) is 41.6 Å². The summed E-state index contributed by atoms with van der Waals surface area (Å²) in [5.74, 6) is -0.716. The van der Waals surface area contributed by atoms with Gasteiger partial charge in [-0.15, -0.1) is 0 Å². The number of benzene rings is 1. The highest BCUT2D eigenvalue weighted by atomic mass is 19.1. The van der Waals surface area contributed by atoms with Crippen LogP contribution >= 0.6 is 0 Å². The molecule has 0 spiro atoms. The lowest BCUT2D eigenvalue weighted by atomic mass is 10.0. The minimum atomic E-state index is -1.36. The van der Waals surface area contributed by atoms with E-state index in [1.165, 1.54) is 13.0 Å². The van der Waals surface area contributed by atoms with Crippen molar-refractivity contribution in [3.8, 4) is 5.75 Å². The van der Waals surface area contributed by atoms with Crippen LogP contribution in [0.5, 0.6) is 5.75 Å². The van der Waals surface area contributed by atoms with Crippen molar-refractivity contribution in [2.45, 2.75) is 38.3 Å². The van der Waals surface area contributed by atoms with Crippen LogP contribution < -0.4 is 4.74 Å². The molecule has 2 atom stereocenters. The number of hydrogen-bond acceptors (Lipinski definition) is 4. The second-order valence-electron chi connectivity index (χ2n) is 6.01. The summed E-state index contributed by atoms with van der Waals surface area (Å²) in [6.45, 7) is 3.61. The molecule has 6 heteroatoms. The second-order valence-corrected chi connectivity index (χ2v) is 6.01. The molecule has 2 aliphatic heterocycles. The van der Waals surface area contributed by atoms with E-state index in [4.69, 9.17) is 9.47 Å². The lowest BCUT2D eigenvalue weighted by molar-refractivity contribution is -0.191. The van der Waals surface area contributed by atoms with Gasteiger partial charge in [0.1, 0.15) is 24.2 Å². The Hall–Kier alpha value is -2.11. The summed E-state index contributed by atoms with van der Waals surface area (Å²) >= 11 is 0. The van der Waals surface area contributed by atoms with Crippen molar-refractivity contribution < 1.29 is 23.5 Å². The third-order valence-electron chi connectivity index (χ3n) is 4.22. The van der Waals surface area contributed by atoms with Crippen molar-refractivity contribution in [1.29, 1.82) is 0 Å². The maximum Gasteiger partial charge on any atom is 0.330 e. The number of halogens is 1. The number of amides is 1. The van der Waals surface area contributed by atoms with Gasteiger partial charge in [-0.25, -0.2) is 9.18 Å². The van der Waals surface area contributed by atoms with Gasteiger partial charge in [0.15, 0.2) is 0 Å². The number of morpholine rings is 1. The number of aryl methyl sites for hydroxylation is 1. The average Bonchev–Trinajstić information content (AvgIpc) is 2.96. The van der Waals surface area contributed by atoms with Crippen molar-refractivity contribution in [2.75, 3.05) is 13.2 Å². The Morgan fingerprint density at radius 3 is 2.95 bits per heavy atom. The molecule has 1 aromatic carbocycles. The summed E-state index contributed by atoms with van der Waals surface area (Å²) in [6.07, 6.45) is 1.44. The molecule has 1 amide bonds. The highest BCUT2D eigenvalue weighted by molar-refractivity contribution is 5.95. The maximum atomic E-state index is 13.5. The molecule has 5 nitrogen and oxygen atoms in total. The highest BCUT2D eigenvalue weighted by Crippen LogP contribution is 2.31. The summed E-state index contributed by atoms with van der Waals surface area (Å²) in [6, 6.07) is 4.01. The van der Waals surface area contributed by atoms with Crippen LogP contribution in [0, 0.1) is 12.7 Å². The summed E-state index contributed by atoms with van der Waals surface area (Å²) < 4.78 is 24.3. The summed E-state index contributed by atoms with van der Waals surface area (Å²) in [5.41, 5.74) is -0.849. The SMILES string of the molecule is Cc1ccc(OC[C@@]2(C)OC(=O)C3CCCN3C2=O)cc1F. The fourth-order valence-electron chi connectivity index (χ4n) is 2.87. The van der Waals surface area contributed by atoms with E-state index in [2.05, 4.69) is 0 Å². The maximum absolute atomic E-state index is 13.5. The number of carbonyl (C=O) groups is 2. The molecule has 2 heterocycles.